The van der Waals surface area contributed by atoms with Crippen molar-refractivity contribution in [1.29, 1.82) is 0 Å². The van der Waals surface area contributed by atoms with Gasteiger partial charge in [0.1, 0.15) is 11.4 Å². The van der Waals surface area contributed by atoms with Gasteiger partial charge in [-0.15, -0.1) is 11.8 Å². The van der Waals surface area contributed by atoms with Crippen LogP contribution in [0.15, 0.2) is 114 Å². The van der Waals surface area contributed by atoms with Crippen molar-refractivity contribution in [1.82, 2.24) is 5.32 Å². The van der Waals surface area contributed by atoms with Gasteiger partial charge in [0.15, 0.2) is 0 Å². The third kappa shape index (κ3) is 8.73. The number of benzene rings is 4. The number of para-hydroxylation sites is 2. The van der Waals surface area contributed by atoms with Crippen LogP contribution in [-0.2, 0) is 15.8 Å². The Morgan fingerprint density at radius 3 is 2.16 bits per heavy atom. The first-order valence-corrected chi connectivity index (χ1v) is 13.8. The molecule has 3 amide bonds. The Labute approximate surface area is 250 Å². The molecule has 0 radical (unpaired) electrons. The number of carbonyl (C=O) groups is 3. The Morgan fingerprint density at radius 1 is 0.814 bits per heavy atom. The first kappa shape index (κ1) is 30.9. The van der Waals surface area contributed by atoms with E-state index in [1.165, 1.54) is 31.4 Å². The number of carbonyl (C=O) groups excluding carboxylic acids is 3. The number of thioether (sulfide) groups is 1. The van der Waals surface area contributed by atoms with Crippen LogP contribution in [0.2, 0.25) is 0 Å². The number of methoxy groups -OCH3 is 1. The molecule has 0 unspecified atom stereocenters. The molecule has 0 aromatic heterocycles. The van der Waals surface area contributed by atoms with Crippen LogP contribution in [0.25, 0.3) is 6.08 Å². The quantitative estimate of drug-likeness (QED) is 0.136. The number of hydrogen-bond donors (Lipinski definition) is 3. The van der Waals surface area contributed by atoms with Crippen molar-refractivity contribution < 1.29 is 32.3 Å². The van der Waals surface area contributed by atoms with Gasteiger partial charge in [0.2, 0.25) is 5.91 Å². The molecule has 0 aliphatic carbocycles. The number of alkyl halides is 3. The number of halogens is 3. The Kier molecular flexibility index (Phi) is 10.2. The molecule has 0 heterocycles. The molecule has 7 nitrogen and oxygen atoms in total. The lowest BCUT2D eigenvalue weighted by Gasteiger charge is -2.13. The van der Waals surface area contributed by atoms with Gasteiger partial charge in [0.05, 0.1) is 24.1 Å². The summed E-state index contributed by atoms with van der Waals surface area (Å²) in [5.74, 6) is -1.28. The molecule has 0 saturated carbocycles. The van der Waals surface area contributed by atoms with Gasteiger partial charge < -0.3 is 20.7 Å². The summed E-state index contributed by atoms with van der Waals surface area (Å²) >= 11 is 1.12. The zero-order valence-electron chi connectivity index (χ0n) is 22.8. The van der Waals surface area contributed by atoms with E-state index in [9.17, 15) is 27.6 Å². The fraction of sp³-hybridized carbons (Fsp3) is 0.0938. The Hall–Kier alpha value is -5.03. The molecule has 11 heteroatoms. The number of anilines is 2. The fourth-order valence-corrected chi connectivity index (χ4v) is 4.59. The first-order chi connectivity index (χ1) is 20.6. The average Bonchev–Trinajstić information content (AvgIpc) is 3.00. The largest absolute Gasteiger partial charge is 0.496 e. The highest BCUT2D eigenvalue weighted by atomic mass is 32.2. The Morgan fingerprint density at radius 2 is 1.47 bits per heavy atom. The number of hydrogen-bond acceptors (Lipinski definition) is 5. The third-order valence-electron chi connectivity index (χ3n) is 5.96. The van der Waals surface area contributed by atoms with E-state index in [0.717, 1.165) is 17.8 Å². The smallest absolute Gasteiger partial charge is 0.418 e. The number of ether oxygens (including phenoxy) is 1. The monoisotopic (exact) mass is 605 g/mol. The standard InChI is InChI=1S/C32H26F3N3O4S/c1-42-28-14-8-5-11-22(28)19-27(38-30(40)21-9-3-2-4-10-21)31(41)36-23-15-17-24(18-16-23)43-20-29(39)37-26-13-7-6-12-25(26)32(33,34)35/h2-19H,20H2,1H3,(H,36,41)(H,37,39)(H,38,40)/b27-19-. The normalized spacial score (nSPS) is 11.4. The summed E-state index contributed by atoms with van der Waals surface area (Å²) in [7, 11) is 1.50. The molecular weight excluding hydrogens is 579 g/mol. The predicted molar refractivity (Wildman–Crippen MR) is 161 cm³/mol. The van der Waals surface area contributed by atoms with E-state index in [2.05, 4.69) is 16.0 Å². The highest BCUT2D eigenvalue weighted by Gasteiger charge is 2.33. The molecule has 43 heavy (non-hydrogen) atoms. The average molecular weight is 606 g/mol. The Balaban J connectivity index is 1.42. The Bertz CT molecular complexity index is 1630. The van der Waals surface area contributed by atoms with Crippen molar-refractivity contribution in [3.8, 4) is 5.75 Å². The van der Waals surface area contributed by atoms with Crippen molar-refractivity contribution in [3.63, 3.8) is 0 Å². The topological polar surface area (TPSA) is 96.5 Å². The summed E-state index contributed by atoms with van der Waals surface area (Å²) in [6.45, 7) is 0. The molecule has 4 aromatic carbocycles. The van der Waals surface area contributed by atoms with Gasteiger partial charge in [-0.05, 0) is 60.7 Å². The SMILES string of the molecule is COc1ccccc1/C=C(\NC(=O)c1ccccc1)C(=O)Nc1ccc(SCC(=O)Nc2ccccc2C(F)(F)F)cc1. The van der Waals surface area contributed by atoms with Crippen LogP contribution in [-0.4, -0.2) is 30.6 Å². The highest BCUT2D eigenvalue weighted by Crippen LogP contribution is 2.34. The summed E-state index contributed by atoms with van der Waals surface area (Å²) in [5, 5.41) is 7.72. The summed E-state index contributed by atoms with van der Waals surface area (Å²) in [6, 6.07) is 26.8. The first-order valence-electron chi connectivity index (χ1n) is 12.9. The molecule has 4 rings (SSSR count). The summed E-state index contributed by atoms with van der Waals surface area (Å²) < 4.78 is 45.0. The van der Waals surface area contributed by atoms with Gasteiger partial charge in [-0.2, -0.15) is 13.2 Å². The van der Waals surface area contributed by atoms with E-state index < -0.39 is 29.5 Å². The van der Waals surface area contributed by atoms with Gasteiger partial charge in [0, 0.05) is 21.7 Å². The minimum absolute atomic E-state index is 0.0207. The molecule has 3 N–H and O–H groups in total. The maximum absolute atomic E-state index is 13.3. The van der Waals surface area contributed by atoms with Crippen molar-refractivity contribution in [2.75, 3.05) is 23.5 Å². The zero-order chi connectivity index (χ0) is 30.8. The molecule has 0 aliphatic heterocycles. The van der Waals surface area contributed by atoms with Gasteiger partial charge in [-0.3, -0.25) is 14.4 Å². The third-order valence-corrected chi connectivity index (χ3v) is 6.97. The lowest BCUT2D eigenvalue weighted by atomic mass is 10.1. The van der Waals surface area contributed by atoms with E-state index >= 15 is 0 Å². The second-order valence-corrected chi connectivity index (χ2v) is 10.0. The van der Waals surface area contributed by atoms with E-state index in [1.54, 1.807) is 78.9 Å². The fourth-order valence-electron chi connectivity index (χ4n) is 3.89. The predicted octanol–water partition coefficient (Wildman–Crippen LogP) is 6.85. The van der Waals surface area contributed by atoms with Crippen LogP contribution in [0.1, 0.15) is 21.5 Å². The summed E-state index contributed by atoms with van der Waals surface area (Å²) in [5.41, 5.74) is 0.105. The molecule has 220 valence electrons. The van der Waals surface area contributed by atoms with Crippen molar-refractivity contribution in [2.45, 2.75) is 11.1 Å². The summed E-state index contributed by atoms with van der Waals surface area (Å²) in [6.07, 6.45) is -3.08. The highest BCUT2D eigenvalue weighted by molar-refractivity contribution is 8.00. The van der Waals surface area contributed by atoms with Crippen LogP contribution in [0.5, 0.6) is 5.75 Å². The van der Waals surface area contributed by atoms with Crippen LogP contribution in [0, 0.1) is 0 Å². The number of amides is 3. The van der Waals surface area contributed by atoms with Crippen LogP contribution in [0.3, 0.4) is 0 Å². The molecular formula is C32H26F3N3O4S. The zero-order valence-corrected chi connectivity index (χ0v) is 23.6. The molecule has 0 bridgehead atoms. The number of rotatable bonds is 10. The molecule has 0 saturated heterocycles. The number of nitrogens with one attached hydrogen (secondary N) is 3. The maximum Gasteiger partial charge on any atom is 0.418 e. The van der Waals surface area contributed by atoms with Gasteiger partial charge in [-0.1, -0.05) is 48.5 Å². The van der Waals surface area contributed by atoms with Crippen LogP contribution in [0.4, 0.5) is 24.5 Å². The lowest BCUT2D eigenvalue weighted by molar-refractivity contribution is -0.137. The second-order valence-electron chi connectivity index (χ2n) is 8.98. The summed E-state index contributed by atoms with van der Waals surface area (Å²) in [4.78, 5) is 39.1. The van der Waals surface area contributed by atoms with Crippen molar-refractivity contribution >= 4 is 46.9 Å². The molecule has 0 fully saturated rings. The van der Waals surface area contributed by atoms with Gasteiger partial charge >= 0.3 is 6.18 Å². The molecule has 4 aromatic rings. The minimum atomic E-state index is -4.59. The second kappa shape index (κ2) is 14.2. The molecule has 0 aliphatic rings. The van der Waals surface area contributed by atoms with Gasteiger partial charge in [-0.25, -0.2) is 0 Å². The lowest BCUT2D eigenvalue weighted by Crippen LogP contribution is -2.30. The van der Waals surface area contributed by atoms with Crippen LogP contribution < -0.4 is 20.7 Å². The molecule has 0 spiro atoms. The van der Waals surface area contributed by atoms with E-state index in [0.29, 0.717) is 27.5 Å². The maximum atomic E-state index is 13.3. The minimum Gasteiger partial charge on any atom is -0.496 e. The van der Waals surface area contributed by atoms with Crippen molar-refractivity contribution in [3.05, 3.63) is 126 Å². The van der Waals surface area contributed by atoms with E-state index in [4.69, 9.17) is 4.74 Å². The van der Waals surface area contributed by atoms with Gasteiger partial charge in [0.25, 0.3) is 11.8 Å². The molecule has 0 atom stereocenters. The van der Waals surface area contributed by atoms with Crippen LogP contribution >= 0.6 is 11.8 Å². The van der Waals surface area contributed by atoms with E-state index in [1.807, 2.05) is 0 Å². The van der Waals surface area contributed by atoms with E-state index in [-0.39, 0.29) is 17.1 Å². The van der Waals surface area contributed by atoms with Crippen molar-refractivity contribution in [2.24, 2.45) is 0 Å².